The number of halogens is 1. The van der Waals surface area contributed by atoms with E-state index in [1.165, 1.54) is 11.3 Å². The Kier molecular flexibility index (Phi) is 5.40. The van der Waals surface area contributed by atoms with Gasteiger partial charge >= 0.3 is 5.97 Å². The van der Waals surface area contributed by atoms with Gasteiger partial charge in [0.05, 0.1) is 17.0 Å². The van der Waals surface area contributed by atoms with Gasteiger partial charge in [-0.25, -0.2) is 4.98 Å². The Bertz CT molecular complexity index is 841. The van der Waals surface area contributed by atoms with E-state index in [1.54, 1.807) is 35.6 Å². The van der Waals surface area contributed by atoms with Crippen molar-refractivity contribution in [2.75, 3.05) is 6.61 Å². The van der Waals surface area contributed by atoms with Gasteiger partial charge in [-0.2, -0.15) is 0 Å². The van der Waals surface area contributed by atoms with Gasteiger partial charge < -0.3 is 4.74 Å². The molecule has 4 nitrogen and oxygen atoms in total. The number of hydrogen-bond acceptors (Lipinski definition) is 6. The van der Waals surface area contributed by atoms with Crippen LogP contribution >= 0.6 is 34.3 Å². The normalized spacial score (nSPS) is 10.5. The molecule has 3 aromatic rings. The Morgan fingerprint density at radius 1 is 1.12 bits per heavy atom. The van der Waals surface area contributed by atoms with Crippen LogP contribution in [-0.4, -0.2) is 23.3 Å². The number of Topliss-reactive ketones (excluding diaryl/α,β-unsaturated/α-hetero) is 1. The minimum atomic E-state index is -0.472. The molecular formula is C17H12ClNO3S2. The van der Waals surface area contributed by atoms with E-state index in [2.05, 4.69) is 4.98 Å². The van der Waals surface area contributed by atoms with Gasteiger partial charge in [-0.15, -0.1) is 22.7 Å². The number of hydrogen-bond donors (Lipinski definition) is 0. The molecule has 0 atom stereocenters. The number of thiazole rings is 1. The van der Waals surface area contributed by atoms with Crippen LogP contribution in [0.5, 0.6) is 0 Å². The predicted molar refractivity (Wildman–Crippen MR) is 95.9 cm³/mol. The third kappa shape index (κ3) is 4.29. The molecule has 2 aromatic heterocycles. The maximum Gasteiger partial charge on any atom is 0.312 e. The van der Waals surface area contributed by atoms with Crippen molar-refractivity contribution < 1.29 is 14.3 Å². The van der Waals surface area contributed by atoms with E-state index in [-0.39, 0.29) is 18.8 Å². The first kappa shape index (κ1) is 16.8. The van der Waals surface area contributed by atoms with Crippen LogP contribution in [0.15, 0.2) is 47.2 Å². The van der Waals surface area contributed by atoms with Crippen LogP contribution < -0.4 is 0 Å². The summed E-state index contributed by atoms with van der Waals surface area (Å²) in [6.45, 7) is -0.289. The van der Waals surface area contributed by atoms with Crippen LogP contribution in [0.2, 0.25) is 5.02 Å². The van der Waals surface area contributed by atoms with Crippen LogP contribution in [0, 0.1) is 0 Å². The number of aromatic nitrogens is 1. The standard InChI is InChI=1S/C17H12ClNO3S2/c18-12-5-3-11(4-6-12)14(20)9-22-16(21)8-13-10-24-17(19-13)15-2-1-7-23-15/h1-7,10H,8-9H2. The largest absolute Gasteiger partial charge is 0.457 e. The molecule has 3 rings (SSSR count). The first-order chi connectivity index (χ1) is 11.6. The van der Waals surface area contributed by atoms with Crippen molar-refractivity contribution >= 4 is 46.0 Å². The van der Waals surface area contributed by atoms with E-state index in [0.717, 1.165) is 9.88 Å². The maximum absolute atomic E-state index is 11.9. The van der Waals surface area contributed by atoms with Gasteiger partial charge in [0.25, 0.3) is 0 Å². The summed E-state index contributed by atoms with van der Waals surface area (Å²) in [4.78, 5) is 29.3. The highest BCUT2D eigenvalue weighted by Gasteiger charge is 2.13. The molecule has 1 aromatic carbocycles. The molecule has 122 valence electrons. The molecule has 0 saturated carbocycles. The molecule has 0 aliphatic heterocycles. The number of nitrogens with zero attached hydrogens (tertiary/aromatic N) is 1. The van der Waals surface area contributed by atoms with E-state index < -0.39 is 5.97 Å². The summed E-state index contributed by atoms with van der Waals surface area (Å²) in [5.41, 5.74) is 1.10. The van der Waals surface area contributed by atoms with E-state index >= 15 is 0 Å². The summed E-state index contributed by atoms with van der Waals surface area (Å²) in [6, 6.07) is 10.4. The van der Waals surface area contributed by atoms with Crippen LogP contribution in [0.25, 0.3) is 9.88 Å². The summed E-state index contributed by atoms with van der Waals surface area (Å²) in [5.74, 6) is -0.738. The van der Waals surface area contributed by atoms with Gasteiger partial charge in [-0.1, -0.05) is 17.7 Å². The van der Waals surface area contributed by atoms with Gasteiger partial charge in [0, 0.05) is 16.0 Å². The second-order valence-electron chi connectivity index (χ2n) is 4.89. The molecular weight excluding hydrogens is 366 g/mol. The van der Waals surface area contributed by atoms with E-state index in [1.807, 2.05) is 22.9 Å². The van der Waals surface area contributed by atoms with Crippen LogP contribution in [-0.2, 0) is 16.0 Å². The molecule has 0 radical (unpaired) electrons. The number of ketones is 1. The lowest BCUT2D eigenvalue weighted by atomic mass is 10.1. The number of benzene rings is 1. The monoisotopic (exact) mass is 377 g/mol. The highest BCUT2D eigenvalue weighted by molar-refractivity contribution is 7.20. The van der Waals surface area contributed by atoms with E-state index in [9.17, 15) is 9.59 Å². The van der Waals surface area contributed by atoms with Crippen LogP contribution in [0.3, 0.4) is 0 Å². The van der Waals surface area contributed by atoms with Crippen molar-refractivity contribution in [3.63, 3.8) is 0 Å². The lowest BCUT2D eigenvalue weighted by Crippen LogP contribution is -2.15. The zero-order valence-electron chi connectivity index (χ0n) is 12.4. The molecule has 0 aliphatic carbocycles. The Balaban J connectivity index is 1.52. The second kappa shape index (κ2) is 7.70. The highest BCUT2D eigenvalue weighted by atomic mass is 35.5. The summed E-state index contributed by atoms with van der Waals surface area (Å²) < 4.78 is 5.04. The first-order valence-electron chi connectivity index (χ1n) is 7.04. The predicted octanol–water partition coefficient (Wildman–Crippen LogP) is 4.49. The molecule has 24 heavy (non-hydrogen) atoms. The maximum atomic E-state index is 11.9. The Hall–Kier alpha value is -2.02. The smallest absolute Gasteiger partial charge is 0.312 e. The number of thiophene rings is 1. The fourth-order valence-corrected chi connectivity index (χ4v) is 3.73. The zero-order chi connectivity index (χ0) is 16.9. The third-order valence-corrected chi connectivity index (χ3v) is 5.32. The molecule has 0 amide bonds. The quantitative estimate of drug-likeness (QED) is 0.469. The van der Waals surface area contributed by atoms with E-state index in [4.69, 9.17) is 16.3 Å². The fraction of sp³-hybridized carbons (Fsp3) is 0.118. The molecule has 0 unspecified atom stereocenters. The molecule has 2 heterocycles. The highest BCUT2D eigenvalue weighted by Crippen LogP contribution is 2.27. The number of rotatable bonds is 6. The number of carbonyl (C=O) groups excluding carboxylic acids is 2. The molecule has 0 N–H and O–H groups in total. The Morgan fingerprint density at radius 3 is 2.62 bits per heavy atom. The van der Waals surface area contributed by atoms with Crippen molar-refractivity contribution in [2.24, 2.45) is 0 Å². The third-order valence-electron chi connectivity index (χ3n) is 3.14. The Morgan fingerprint density at radius 2 is 1.92 bits per heavy atom. The van der Waals surface area contributed by atoms with Crippen molar-refractivity contribution in [3.05, 3.63) is 63.4 Å². The minimum absolute atomic E-state index is 0.0514. The van der Waals surface area contributed by atoms with Gasteiger partial charge in [-0.05, 0) is 35.7 Å². The molecule has 0 spiro atoms. The summed E-state index contributed by atoms with van der Waals surface area (Å²) in [7, 11) is 0. The van der Waals surface area contributed by atoms with Crippen LogP contribution in [0.4, 0.5) is 0 Å². The molecule has 7 heteroatoms. The van der Waals surface area contributed by atoms with Crippen molar-refractivity contribution in [1.29, 1.82) is 0 Å². The Labute approximate surface area is 151 Å². The number of ether oxygens (including phenoxy) is 1. The zero-order valence-corrected chi connectivity index (χ0v) is 14.8. The summed E-state index contributed by atoms with van der Waals surface area (Å²) in [6.07, 6.45) is 0.0514. The van der Waals surface area contributed by atoms with Crippen molar-refractivity contribution in [3.8, 4) is 9.88 Å². The average molecular weight is 378 g/mol. The van der Waals surface area contributed by atoms with Gasteiger partial charge in [0.2, 0.25) is 0 Å². The molecule has 0 aliphatic rings. The molecule has 0 bridgehead atoms. The second-order valence-corrected chi connectivity index (χ2v) is 7.13. The van der Waals surface area contributed by atoms with Crippen LogP contribution in [0.1, 0.15) is 16.1 Å². The molecule has 0 fully saturated rings. The van der Waals surface area contributed by atoms with E-state index in [0.29, 0.717) is 16.3 Å². The average Bonchev–Trinajstić information content (AvgIpc) is 3.24. The summed E-state index contributed by atoms with van der Waals surface area (Å²) >= 11 is 8.85. The topological polar surface area (TPSA) is 56.3 Å². The van der Waals surface area contributed by atoms with Crippen molar-refractivity contribution in [2.45, 2.75) is 6.42 Å². The fourth-order valence-electron chi connectivity index (χ4n) is 1.97. The number of esters is 1. The lowest BCUT2D eigenvalue weighted by molar-refractivity contribution is -0.141. The SMILES string of the molecule is O=C(Cc1csc(-c2cccs2)n1)OCC(=O)c1ccc(Cl)cc1. The summed E-state index contributed by atoms with van der Waals surface area (Å²) in [5, 5.41) is 5.24. The number of carbonyl (C=O) groups is 2. The lowest BCUT2D eigenvalue weighted by Gasteiger charge is -2.03. The van der Waals surface area contributed by atoms with Gasteiger partial charge in [-0.3, -0.25) is 9.59 Å². The van der Waals surface area contributed by atoms with Gasteiger partial charge in [0.1, 0.15) is 5.01 Å². The minimum Gasteiger partial charge on any atom is -0.457 e. The van der Waals surface area contributed by atoms with Crippen molar-refractivity contribution in [1.82, 2.24) is 4.98 Å². The first-order valence-corrected chi connectivity index (χ1v) is 9.18. The van der Waals surface area contributed by atoms with Gasteiger partial charge in [0.15, 0.2) is 12.4 Å². The molecule has 0 saturated heterocycles.